The summed E-state index contributed by atoms with van der Waals surface area (Å²) >= 11 is 0. The number of hydrogen-bond acceptors (Lipinski definition) is 4. The van der Waals surface area contributed by atoms with Gasteiger partial charge in [-0.05, 0) is 31.0 Å². The molecule has 0 fully saturated rings. The number of aryl methyl sites for hydroxylation is 2. The normalized spacial score (nSPS) is 11.5. The van der Waals surface area contributed by atoms with Gasteiger partial charge >= 0.3 is 0 Å². The van der Waals surface area contributed by atoms with E-state index in [0.717, 1.165) is 12.8 Å². The summed E-state index contributed by atoms with van der Waals surface area (Å²) in [5.74, 6) is 0.238. The molecule has 7 nitrogen and oxygen atoms in total. The third kappa shape index (κ3) is 4.67. The first-order chi connectivity index (χ1) is 11.9. The average molecular weight is 364 g/mol. The molecule has 1 amide bonds. The van der Waals surface area contributed by atoms with Crippen LogP contribution in [0, 0.1) is 6.92 Å². The van der Waals surface area contributed by atoms with Crippen LogP contribution in [0.5, 0.6) is 0 Å². The van der Waals surface area contributed by atoms with Crippen LogP contribution >= 0.6 is 0 Å². The van der Waals surface area contributed by atoms with Crippen LogP contribution in [0.2, 0.25) is 0 Å². The number of amides is 1. The highest BCUT2D eigenvalue weighted by molar-refractivity contribution is 7.89. The fourth-order valence-corrected chi connectivity index (χ4v) is 3.46. The molecule has 0 saturated carbocycles. The summed E-state index contributed by atoms with van der Waals surface area (Å²) in [5.41, 5.74) is 1.02. The zero-order valence-corrected chi connectivity index (χ0v) is 15.6. The third-order valence-corrected chi connectivity index (χ3v) is 5.32. The first-order valence-corrected chi connectivity index (χ1v) is 9.80. The number of nitrogens with zero attached hydrogens (tertiary/aromatic N) is 2. The SMILES string of the molecule is CCCCn1nccc1NC(=O)c1cc(S(=O)(=O)NCC)ccc1C. The highest BCUT2D eigenvalue weighted by Gasteiger charge is 2.18. The predicted octanol–water partition coefficient (Wildman–Crippen LogP) is 2.54. The van der Waals surface area contributed by atoms with Crippen molar-refractivity contribution in [2.45, 2.75) is 45.1 Å². The number of nitrogens with one attached hydrogen (secondary N) is 2. The van der Waals surface area contributed by atoms with E-state index in [9.17, 15) is 13.2 Å². The van der Waals surface area contributed by atoms with Gasteiger partial charge in [0, 0.05) is 24.7 Å². The van der Waals surface area contributed by atoms with E-state index >= 15 is 0 Å². The highest BCUT2D eigenvalue weighted by Crippen LogP contribution is 2.18. The lowest BCUT2D eigenvalue weighted by molar-refractivity contribution is 0.102. The van der Waals surface area contributed by atoms with Crippen LogP contribution in [0.3, 0.4) is 0 Å². The zero-order valence-electron chi connectivity index (χ0n) is 14.7. The molecule has 0 aliphatic heterocycles. The second kappa shape index (κ2) is 8.26. The monoisotopic (exact) mass is 364 g/mol. The van der Waals surface area contributed by atoms with Crippen molar-refractivity contribution in [3.05, 3.63) is 41.6 Å². The van der Waals surface area contributed by atoms with Gasteiger partial charge < -0.3 is 5.32 Å². The van der Waals surface area contributed by atoms with Crippen molar-refractivity contribution in [1.29, 1.82) is 0 Å². The summed E-state index contributed by atoms with van der Waals surface area (Å²) in [4.78, 5) is 12.7. The molecular formula is C17H24N4O3S. The van der Waals surface area contributed by atoms with Crippen molar-refractivity contribution < 1.29 is 13.2 Å². The topological polar surface area (TPSA) is 93.1 Å². The van der Waals surface area contributed by atoms with E-state index in [0.29, 0.717) is 23.5 Å². The molecule has 1 aromatic heterocycles. The summed E-state index contributed by atoms with van der Waals surface area (Å²) in [7, 11) is -3.61. The molecule has 0 bridgehead atoms. The van der Waals surface area contributed by atoms with E-state index in [1.807, 2.05) is 0 Å². The number of anilines is 1. The second-order valence-electron chi connectivity index (χ2n) is 5.73. The Morgan fingerprint density at radius 3 is 2.68 bits per heavy atom. The Kier molecular flexibility index (Phi) is 6.33. The van der Waals surface area contributed by atoms with Crippen LogP contribution in [0.4, 0.5) is 5.82 Å². The van der Waals surface area contributed by atoms with Crippen LogP contribution in [0.1, 0.15) is 42.6 Å². The molecule has 0 aliphatic rings. The fourth-order valence-electron chi connectivity index (χ4n) is 2.39. The third-order valence-electron chi connectivity index (χ3n) is 3.78. The van der Waals surface area contributed by atoms with Crippen molar-refractivity contribution in [1.82, 2.24) is 14.5 Å². The number of hydrogen-bond donors (Lipinski definition) is 2. The van der Waals surface area contributed by atoms with E-state index in [4.69, 9.17) is 0 Å². The molecule has 1 aromatic carbocycles. The number of sulfonamides is 1. The summed E-state index contributed by atoms with van der Waals surface area (Å²) in [6.07, 6.45) is 3.61. The molecule has 1 heterocycles. The van der Waals surface area contributed by atoms with Crippen molar-refractivity contribution in [2.75, 3.05) is 11.9 Å². The van der Waals surface area contributed by atoms with Crippen LogP contribution in [0.15, 0.2) is 35.4 Å². The minimum absolute atomic E-state index is 0.0737. The molecule has 136 valence electrons. The van der Waals surface area contributed by atoms with Gasteiger partial charge in [0.15, 0.2) is 0 Å². The number of aromatic nitrogens is 2. The second-order valence-corrected chi connectivity index (χ2v) is 7.49. The summed E-state index contributed by atoms with van der Waals surface area (Å²) in [6, 6.07) is 6.25. The Balaban J connectivity index is 2.26. The molecule has 2 aromatic rings. The lowest BCUT2D eigenvalue weighted by atomic mass is 10.1. The standard InChI is InChI=1S/C17H24N4O3S/c1-4-6-11-21-16(9-10-18-21)20-17(22)15-12-14(8-7-13(15)3)25(23,24)19-5-2/h7-10,12,19H,4-6,11H2,1-3H3,(H,20,22). The summed E-state index contributed by atoms with van der Waals surface area (Å²) in [6.45, 7) is 6.56. The lowest BCUT2D eigenvalue weighted by Gasteiger charge is -2.12. The van der Waals surface area contributed by atoms with Gasteiger partial charge in [-0.1, -0.05) is 26.3 Å². The molecule has 25 heavy (non-hydrogen) atoms. The van der Waals surface area contributed by atoms with Crippen LogP contribution in [0.25, 0.3) is 0 Å². The van der Waals surface area contributed by atoms with Crippen LogP contribution in [-0.2, 0) is 16.6 Å². The molecule has 0 aliphatic carbocycles. The maximum atomic E-state index is 12.6. The van der Waals surface area contributed by atoms with Crippen molar-refractivity contribution >= 4 is 21.7 Å². The Morgan fingerprint density at radius 1 is 1.24 bits per heavy atom. The average Bonchev–Trinajstić information content (AvgIpc) is 3.00. The molecule has 0 atom stereocenters. The molecule has 0 spiro atoms. The Labute approximate surface area is 148 Å². The molecular weight excluding hydrogens is 340 g/mol. The van der Waals surface area contributed by atoms with Gasteiger partial charge in [0.2, 0.25) is 10.0 Å². The minimum atomic E-state index is -3.61. The number of unbranched alkanes of at least 4 members (excludes halogenated alkanes) is 1. The van der Waals surface area contributed by atoms with Crippen molar-refractivity contribution in [2.24, 2.45) is 0 Å². The number of carbonyl (C=O) groups is 1. The summed E-state index contributed by atoms with van der Waals surface area (Å²) in [5, 5.41) is 7.01. The van der Waals surface area contributed by atoms with Gasteiger partial charge in [-0.15, -0.1) is 0 Å². The first kappa shape index (κ1) is 19.1. The molecule has 0 unspecified atom stereocenters. The van der Waals surface area contributed by atoms with Gasteiger partial charge in [0.05, 0.1) is 11.1 Å². The molecule has 2 N–H and O–H groups in total. The van der Waals surface area contributed by atoms with Gasteiger partial charge in [0.25, 0.3) is 5.91 Å². The number of carbonyl (C=O) groups excluding carboxylic acids is 1. The molecule has 0 radical (unpaired) electrons. The van der Waals surface area contributed by atoms with E-state index in [1.54, 1.807) is 36.9 Å². The smallest absolute Gasteiger partial charge is 0.257 e. The predicted molar refractivity (Wildman–Crippen MR) is 97.1 cm³/mol. The van der Waals surface area contributed by atoms with Gasteiger partial charge in [-0.2, -0.15) is 5.10 Å². The number of rotatable bonds is 8. The number of benzene rings is 1. The van der Waals surface area contributed by atoms with E-state index in [-0.39, 0.29) is 17.3 Å². The Morgan fingerprint density at radius 2 is 2.00 bits per heavy atom. The highest BCUT2D eigenvalue weighted by atomic mass is 32.2. The summed E-state index contributed by atoms with van der Waals surface area (Å²) < 4.78 is 28.5. The first-order valence-electron chi connectivity index (χ1n) is 8.32. The van der Waals surface area contributed by atoms with Gasteiger partial charge in [-0.3, -0.25) is 4.79 Å². The Hall–Kier alpha value is -2.19. The van der Waals surface area contributed by atoms with Crippen molar-refractivity contribution in [3.63, 3.8) is 0 Å². The van der Waals surface area contributed by atoms with E-state index in [2.05, 4.69) is 22.1 Å². The zero-order chi connectivity index (χ0) is 18.4. The Bertz CT molecular complexity index is 843. The van der Waals surface area contributed by atoms with Gasteiger partial charge in [0.1, 0.15) is 5.82 Å². The largest absolute Gasteiger partial charge is 0.307 e. The lowest BCUT2D eigenvalue weighted by Crippen LogP contribution is -2.24. The minimum Gasteiger partial charge on any atom is -0.307 e. The quantitative estimate of drug-likeness (QED) is 0.753. The maximum Gasteiger partial charge on any atom is 0.257 e. The maximum absolute atomic E-state index is 12.6. The van der Waals surface area contributed by atoms with Crippen LogP contribution in [-0.4, -0.2) is 30.7 Å². The van der Waals surface area contributed by atoms with E-state index in [1.165, 1.54) is 12.1 Å². The van der Waals surface area contributed by atoms with Crippen molar-refractivity contribution in [3.8, 4) is 0 Å². The fraction of sp³-hybridized carbons (Fsp3) is 0.412. The molecule has 0 saturated heterocycles. The molecule has 8 heteroatoms. The molecule has 2 rings (SSSR count). The van der Waals surface area contributed by atoms with Crippen LogP contribution < -0.4 is 10.0 Å². The van der Waals surface area contributed by atoms with E-state index < -0.39 is 10.0 Å². The van der Waals surface area contributed by atoms with Gasteiger partial charge in [-0.25, -0.2) is 17.8 Å².